The summed E-state index contributed by atoms with van der Waals surface area (Å²) >= 11 is 8.10. The normalized spacial score (nSPS) is 15.9. The number of thiocarbonyl (C=S) groups is 1. The SMILES string of the molecule is COc1ccc(/C=C2/SC(=S)N(Nc3nc4ccccc4s3)C2=O)cc1. The van der Waals surface area contributed by atoms with Gasteiger partial charge in [0.25, 0.3) is 5.91 Å². The lowest BCUT2D eigenvalue weighted by Gasteiger charge is -2.14. The van der Waals surface area contributed by atoms with Crippen LogP contribution in [-0.2, 0) is 4.79 Å². The lowest BCUT2D eigenvalue weighted by Crippen LogP contribution is -2.33. The predicted octanol–water partition coefficient (Wildman–Crippen LogP) is 4.53. The van der Waals surface area contributed by atoms with Gasteiger partial charge in [-0.1, -0.05) is 47.4 Å². The predicted molar refractivity (Wildman–Crippen MR) is 111 cm³/mol. The Bertz CT molecular complexity index is 995. The number of carbonyl (C=O) groups is 1. The number of benzene rings is 2. The zero-order valence-corrected chi connectivity index (χ0v) is 16.1. The van der Waals surface area contributed by atoms with Crippen LogP contribution in [0.25, 0.3) is 16.3 Å². The highest BCUT2D eigenvalue weighted by Gasteiger charge is 2.33. The summed E-state index contributed by atoms with van der Waals surface area (Å²) in [5, 5.41) is 2.00. The van der Waals surface area contributed by atoms with E-state index in [-0.39, 0.29) is 5.91 Å². The Morgan fingerprint density at radius 2 is 1.96 bits per heavy atom. The van der Waals surface area contributed by atoms with Crippen LogP contribution in [0.5, 0.6) is 5.75 Å². The molecule has 5 nitrogen and oxygen atoms in total. The molecule has 1 aliphatic rings. The van der Waals surface area contributed by atoms with E-state index in [1.165, 1.54) is 28.1 Å². The number of anilines is 1. The van der Waals surface area contributed by atoms with E-state index in [4.69, 9.17) is 17.0 Å². The average Bonchev–Trinajstić information content (AvgIpc) is 3.18. The van der Waals surface area contributed by atoms with Gasteiger partial charge in [0.05, 0.1) is 22.2 Å². The number of aromatic nitrogens is 1. The Morgan fingerprint density at radius 3 is 2.69 bits per heavy atom. The van der Waals surface area contributed by atoms with Gasteiger partial charge in [0.1, 0.15) is 5.75 Å². The number of methoxy groups -OCH3 is 1. The minimum atomic E-state index is -0.185. The van der Waals surface area contributed by atoms with Gasteiger partial charge < -0.3 is 4.74 Å². The molecule has 2 heterocycles. The number of thiazole rings is 1. The summed E-state index contributed by atoms with van der Waals surface area (Å²) in [6.07, 6.45) is 1.82. The molecule has 0 spiro atoms. The van der Waals surface area contributed by atoms with Crippen molar-refractivity contribution >= 4 is 67.0 Å². The highest BCUT2D eigenvalue weighted by atomic mass is 32.2. The molecule has 1 fully saturated rings. The fraction of sp³-hybridized carbons (Fsp3) is 0.0556. The number of thioether (sulfide) groups is 1. The van der Waals surface area contributed by atoms with Gasteiger partial charge in [-0.15, -0.1) is 0 Å². The second-order valence-electron chi connectivity index (χ2n) is 5.39. The van der Waals surface area contributed by atoms with Crippen LogP contribution in [0.3, 0.4) is 0 Å². The van der Waals surface area contributed by atoms with E-state index in [9.17, 15) is 4.79 Å². The average molecular weight is 400 g/mol. The molecule has 130 valence electrons. The van der Waals surface area contributed by atoms with Gasteiger partial charge in [-0.3, -0.25) is 10.2 Å². The van der Waals surface area contributed by atoms with Crippen LogP contribution in [-0.4, -0.2) is 27.3 Å². The van der Waals surface area contributed by atoms with Crippen molar-refractivity contribution in [3.63, 3.8) is 0 Å². The summed E-state index contributed by atoms with van der Waals surface area (Å²) in [7, 11) is 1.62. The van der Waals surface area contributed by atoms with Crippen molar-refractivity contribution in [1.82, 2.24) is 9.99 Å². The van der Waals surface area contributed by atoms with E-state index >= 15 is 0 Å². The third-order valence-corrected chi connectivity index (χ3v) is 5.95. The van der Waals surface area contributed by atoms with Crippen LogP contribution >= 0.6 is 35.3 Å². The van der Waals surface area contributed by atoms with Crippen LogP contribution in [0, 0.1) is 0 Å². The lowest BCUT2D eigenvalue weighted by molar-refractivity contribution is -0.121. The standard InChI is InChI=1S/C18H13N3O2S3/c1-23-12-8-6-11(7-9-12)10-15-16(22)21(18(24)26-15)20-17-19-13-4-2-3-5-14(13)25-17/h2-10H,1H3,(H,19,20)/b15-10+. The summed E-state index contributed by atoms with van der Waals surface area (Å²) in [6.45, 7) is 0. The van der Waals surface area contributed by atoms with E-state index in [0.717, 1.165) is 21.5 Å². The maximum absolute atomic E-state index is 12.7. The molecule has 1 saturated heterocycles. The first kappa shape index (κ1) is 17.0. The number of nitrogens with one attached hydrogen (secondary N) is 1. The topological polar surface area (TPSA) is 54.5 Å². The van der Waals surface area contributed by atoms with E-state index in [1.807, 2.05) is 54.6 Å². The molecule has 2 aromatic carbocycles. The molecule has 0 radical (unpaired) electrons. The molecule has 0 aliphatic carbocycles. The van der Waals surface area contributed by atoms with Gasteiger partial charge in [0.15, 0.2) is 4.32 Å². The second-order valence-corrected chi connectivity index (χ2v) is 8.10. The summed E-state index contributed by atoms with van der Waals surface area (Å²) in [5.74, 6) is 0.585. The monoisotopic (exact) mass is 399 g/mol. The third kappa shape index (κ3) is 3.31. The van der Waals surface area contributed by atoms with Crippen molar-refractivity contribution < 1.29 is 9.53 Å². The molecule has 1 N–H and O–H groups in total. The number of carbonyl (C=O) groups excluding carboxylic acids is 1. The largest absolute Gasteiger partial charge is 0.497 e. The van der Waals surface area contributed by atoms with Crippen molar-refractivity contribution in [3.8, 4) is 5.75 Å². The fourth-order valence-electron chi connectivity index (χ4n) is 2.43. The number of rotatable bonds is 4. The van der Waals surface area contributed by atoms with Crippen molar-refractivity contribution in [1.29, 1.82) is 0 Å². The van der Waals surface area contributed by atoms with Gasteiger partial charge in [-0.25, -0.2) is 4.98 Å². The molecule has 1 amide bonds. The molecule has 0 atom stereocenters. The Morgan fingerprint density at radius 1 is 1.19 bits per heavy atom. The zero-order chi connectivity index (χ0) is 18.1. The minimum absolute atomic E-state index is 0.185. The van der Waals surface area contributed by atoms with Crippen LogP contribution in [0.1, 0.15) is 5.56 Å². The number of ether oxygens (including phenoxy) is 1. The van der Waals surface area contributed by atoms with E-state index in [0.29, 0.717) is 14.4 Å². The van der Waals surface area contributed by atoms with Gasteiger partial charge in [-0.2, -0.15) is 5.01 Å². The molecule has 26 heavy (non-hydrogen) atoms. The van der Waals surface area contributed by atoms with E-state index < -0.39 is 0 Å². The fourth-order valence-corrected chi connectivity index (χ4v) is 4.46. The molecule has 3 aromatic rings. The van der Waals surface area contributed by atoms with Gasteiger partial charge in [0, 0.05) is 0 Å². The summed E-state index contributed by atoms with van der Waals surface area (Å²) < 4.78 is 6.65. The first-order chi connectivity index (χ1) is 12.6. The van der Waals surface area contributed by atoms with Crippen molar-refractivity contribution in [3.05, 3.63) is 59.0 Å². The van der Waals surface area contributed by atoms with Gasteiger partial charge in [-0.05, 0) is 48.1 Å². The Kier molecular flexibility index (Phi) is 4.62. The van der Waals surface area contributed by atoms with E-state index in [2.05, 4.69) is 10.4 Å². The Balaban J connectivity index is 1.55. The molecular weight excluding hydrogens is 386 g/mol. The number of nitrogens with zero attached hydrogens (tertiary/aromatic N) is 2. The van der Waals surface area contributed by atoms with Gasteiger partial charge in [0.2, 0.25) is 5.13 Å². The van der Waals surface area contributed by atoms with Crippen LogP contribution in [0.15, 0.2) is 53.4 Å². The van der Waals surface area contributed by atoms with Crippen molar-refractivity contribution in [2.45, 2.75) is 0 Å². The number of para-hydroxylation sites is 1. The van der Waals surface area contributed by atoms with Crippen molar-refractivity contribution in [2.24, 2.45) is 0 Å². The van der Waals surface area contributed by atoms with Crippen LogP contribution in [0.4, 0.5) is 5.13 Å². The molecule has 0 saturated carbocycles. The summed E-state index contributed by atoms with van der Waals surface area (Å²) in [6, 6.07) is 15.3. The van der Waals surface area contributed by atoms with Crippen LogP contribution in [0.2, 0.25) is 0 Å². The molecule has 4 rings (SSSR count). The minimum Gasteiger partial charge on any atom is -0.497 e. The zero-order valence-electron chi connectivity index (χ0n) is 13.6. The first-order valence-electron chi connectivity index (χ1n) is 7.68. The number of hydrazine groups is 1. The summed E-state index contributed by atoms with van der Waals surface area (Å²) in [4.78, 5) is 17.8. The number of amides is 1. The number of fused-ring (bicyclic) bond motifs is 1. The third-order valence-electron chi connectivity index (χ3n) is 3.71. The smallest absolute Gasteiger partial charge is 0.285 e. The van der Waals surface area contributed by atoms with E-state index in [1.54, 1.807) is 7.11 Å². The molecule has 8 heteroatoms. The number of hydrogen-bond donors (Lipinski definition) is 1. The molecular formula is C18H13N3O2S3. The molecule has 1 aromatic heterocycles. The highest BCUT2D eigenvalue weighted by molar-refractivity contribution is 8.26. The molecule has 1 aliphatic heterocycles. The lowest BCUT2D eigenvalue weighted by atomic mass is 10.2. The van der Waals surface area contributed by atoms with Crippen molar-refractivity contribution in [2.75, 3.05) is 12.5 Å². The highest BCUT2D eigenvalue weighted by Crippen LogP contribution is 2.34. The first-order valence-corrected chi connectivity index (χ1v) is 9.72. The second kappa shape index (κ2) is 7.06. The van der Waals surface area contributed by atoms with Gasteiger partial charge >= 0.3 is 0 Å². The van der Waals surface area contributed by atoms with Crippen LogP contribution < -0.4 is 10.2 Å². The quantitative estimate of drug-likeness (QED) is 0.514. The maximum Gasteiger partial charge on any atom is 0.285 e. The maximum atomic E-state index is 12.7. The molecule has 0 bridgehead atoms. The molecule has 0 unspecified atom stereocenters. The summed E-state index contributed by atoms with van der Waals surface area (Å²) in [5.41, 5.74) is 4.83. The Labute approximate surface area is 163 Å². The number of hydrogen-bond acceptors (Lipinski definition) is 7. The Hall–Kier alpha value is -2.42.